The SMILES string of the molecule is C[C@H](N)c1ccnc(Sc2nnnn2-c2ccccc2)c1. The Hall–Kier alpha value is -2.25. The van der Waals surface area contributed by atoms with Crippen LogP contribution in [0.5, 0.6) is 0 Å². The van der Waals surface area contributed by atoms with Crippen molar-refractivity contribution in [2.45, 2.75) is 23.1 Å². The number of tetrazole rings is 1. The zero-order valence-electron chi connectivity index (χ0n) is 11.4. The second-order valence-corrected chi connectivity index (χ2v) is 5.51. The highest BCUT2D eigenvalue weighted by Gasteiger charge is 2.11. The minimum absolute atomic E-state index is 0.0301. The molecule has 0 aliphatic carbocycles. The molecule has 0 radical (unpaired) electrons. The second kappa shape index (κ2) is 6.02. The van der Waals surface area contributed by atoms with E-state index in [2.05, 4.69) is 20.5 Å². The van der Waals surface area contributed by atoms with E-state index < -0.39 is 0 Å². The van der Waals surface area contributed by atoms with Gasteiger partial charge in [-0.1, -0.05) is 18.2 Å². The smallest absolute Gasteiger partial charge is 0.220 e. The summed E-state index contributed by atoms with van der Waals surface area (Å²) in [5.41, 5.74) is 7.84. The van der Waals surface area contributed by atoms with Crippen LogP contribution in [-0.4, -0.2) is 25.2 Å². The van der Waals surface area contributed by atoms with Gasteiger partial charge in [0, 0.05) is 12.2 Å². The van der Waals surface area contributed by atoms with Crippen molar-refractivity contribution in [2.75, 3.05) is 0 Å². The van der Waals surface area contributed by atoms with Crippen LogP contribution in [0.4, 0.5) is 0 Å². The number of hydrogen-bond acceptors (Lipinski definition) is 6. The van der Waals surface area contributed by atoms with E-state index in [4.69, 9.17) is 5.73 Å². The molecule has 0 aliphatic heterocycles. The highest BCUT2D eigenvalue weighted by atomic mass is 32.2. The normalized spacial score (nSPS) is 12.3. The predicted octanol–water partition coefficient (Wildman–Crippen LogP) is 2.23. The molecule has 0 spiro atoms. The lowest BCUT2D eigenvalue weighted by atomic mass is 10.1. The van der Waals surface area contributed by atoms with Gasteiger partial charge in [-0.05, 0) is 58.9 Å². The lowest BCUT2D eigenvalue weighted by molar-refractivity contribution is 0.755. The minimum Gasteiger partial charge on any atom is -0.324 e. The third kappa shape index (κ3) is 3.09. The molecule has 0 saturated heterocycles. The van der Waals surface area contributed by atoms with Crippen molar-refractivity contribution >= 4 is 11.8 Å². The first kappa shape index (κ1) is 13.7. The van der Waals surface area contributed by atoms with Gasteiger partial charge in [0.05, 0.1) is 5.69 Å². The van der Waals surface area contributed by atoms with Crippen LogP contribution in [-0.2, 0) is 0 Å². The summed E-state index contributed by atoms with van der Waals surface area (Å²) < 4.78 is 1.69. The van der Waals surface area contributed by atoms with Crippen LogP contribution in [0.25, 0.3) is 5.69 Å². The maximum absolute atomic E-state index is 5.89. The zero-order chi connectivity index (χ0) is 14.7. The van der Waals surface area contributed by atoms with Crippen LogP contribution in [0.15, 0.2) is 58.8 Å². The molecule has 2 N–H and O–H groups in total. The highest BCUT2D eigenvalue weighted by molar-refractivity contribution is 7.99. The van der Waals surface area contributed by atoms with Gasteiger partial charge in [-0.3, -0.25) is 0 Å². The Kier molecular flexibility index (Phi) is 3.94. The molecule has 21 heavy (non-hydrogen) atoms. The summed E-state index contributed by atoms with van der Waals surface area (Å²) in [6, 6.07) is 13.6. The Morgan fingerprint density at radius 3 is 2.76 bits per heavy atom. The van der Waals surface area contributed by atoms with E-state index in [0.29, 0.717) is 5.16 Å². The van der Waals surface area contributed by atoms with Crippen molar-refractivity contribution in [3.63, 3.8) is 0 Å². The van der Waals surface area contributed by atoms with Gasteiger partial charge in [0.25, 0.3) is 0 Å². The predicted molar refractivity (Wildman–Crippen MR) is 80.1 cm³/mol. The quantitative estimate of drug-likeness (QED) is 0.795. The Morgan fingerprint density at radius 2 is 2.00 bits per heavy atom. The molecule has 0 amide bonds. The number of nitrogens with two attached hydrogens (primary N) is 1. The molecule has 106 valence electrons. The van der Waals surface area contributed by atoms with E-state index in [1.54, 1.807) is 10.9 Å². The standard InChI is InChI=1S/C14H14N6S/c1-10(15)11-7-8-16-13(9-11)21-14-17-18-19-20(14)12-5-3-2-4-6-12/h2-10H,15H2,1H3/t10-/m0/s1. The van der Waals surface area contributed by atoms with Crippen molar-refractivity contribution in [2.24, 2.45) is 5.73 Å². The average Bonchev–Trinajstić information content (AvgIpc) is 2.96. The number of nitrogens with zero attached hydrogens (tertiary/aromatic N) is 5. The Balaban J connectivity index is 1.90. The van der Waals surface area contributed by atoms with Gasteiger partial charge in [-0.15, -0.1) is 5.10 Å². The maximum Gasteiger partial charge on any atom is 0.220 e. The lowest BCUT2D eigenvalue weighted by Crippen LogP contribution is -2.05. The number of pyridine rings is 1. The molecule has 1 aromatic carbocycles. The number of para-hydroxylation sites is 1. The van der Waals surface area contributed by atoms with E-state index in [0.717, 1.165) is 16.3 Å². The summed E-state index contributed by atoms with van der Waals surface area (Å²) >= 11 is 1.41. The first-order valence-corrected chi connectivity index (χ1v) is 7.29. The van der Waals surface area contributed by atoms with E-state index in [-0.39, 0.29) is 6.04 Å². The molecular formula is C14H14N6S. The molecule has 3 rings (SSSR count). The number of hydrogen-bond donors (Lipinski definition) is 1. The summed E-state index contributed by atoms with van der Waals surface area (Å²) in [6.45, 7) is 1.94. The van der Waals surface area contributed by atoms with Crippen molar-refractivity contribution in [1.82, 2.24) is 25.2 Å². The molecule has 0 aliphatic rings. The summed E-state index contributed by atoms with van der Waals surface area (Å²) in [5.74, 6) is 0. The summed E-state index contributed by atoms with van der Waals surface area (Å²) in [7, 11) is 0. The molecule has 6 nitrogen and oxygen atoms in total. The van der Waals surface area contributed by atoms with Gasteiger partial charge in [-0.25, -0.2) is 4.98 Å². The van der Waals surface area contributed by atoms with Crippen LogP contribution >= 0.6 is 11.8 Å². The minimum atomic E-state index is -0.0301. The van der Waals surface area contributed by atoms with Gasteiger partial charge in [0.1, 0.15) is 5.03 Å². The van der Waals surface area contributed by atoms with Gasteiger partial charge in [0.15, 0.2) is 0 Å². The lowest BCUT2D eigenvalue weighted by Gasteiger charge is -2.07. The Morgan fingerprint density at radius 1 is 1.19 bits per heavy atom. The van der Waals surface area contributed by atoms with E-state index in [9.17, 15) is 0 Å². The maximum atomic E-state index is 5.89. The molecule has 0 saturated carbocycles. The fraction of sp³-hybridized carbons (Fsp3) is 0.143. The van der Waals surface area contributed by atoms with Crippen LogP contribution < -0.4 is 5.73 Å². The number of benzene rings is 1. The number of rotatable bonds is 4. The van der Waals surface area contributed by atoms with Crippen LogP contribution in [0.3, 0.4) is 0 Å². The van der Waals surface area contributed by atoms with Gasteiger partial charge < -0.3 is 5.73 Å². The fourth-order valence-electron chi connectivity index (χ4n) is 1.83. The van der Waals surface area contributed by atoms with Gasteiger partial charge >= 0.3 is 0 Å². The fourth-order valence-corrected chi connectivity index (χ4v) is 2.63. The Bertz CT molecular complexity index is 725. The second-order valence-electron chi connectivity index (χ2n) is 4.53. The molecule has 0 bridgehead atoms. The largest absolute Gasteiger partial charge is 0.324 e. The number of aromatic nitrogens is 5. The summed E-state index contributed by atoms with van der Waals surface area (Å²) in [5, 5.41) is 13.3. The molecule has 3 aromatic rings. The molecule has 0 fully saturated rings. The monoisotopic (exact) mass is 298 g/mol. The Labute approximate surface area is 126 Å². The van der Waals surface area contributed by atoms with Crippen molar-refractivity contribution in [3.05, 3.63) is 54.2 Å². The third-order valence-corrected chi connectivity index (χ3v) is 3.79. The van der Waals surface area contributed by atoms with Crippen molar-refractivity contribution < 1.29 is 0 Å². The molecule has 2 aromatic heterocycles. The van der Waals surface area contributed by atoms with Crippen LogP contribution in [0.1, 0.15) is 18.5 Å². The zero-order valence-corrected chi connectivity index (χ0v) is 12.2. The van der Waals surface area contributed by atoms with Crippen LogP contribution in [0.2, 0.25) is 0 Å². The van der Waals surface area contributed by atoms with Gasteiger partial charge in [0.2, 0.25) is 5.16 Å². The van der Waals surface area contributed by atoms with Gasteiger partial charge in [-0.2, -0.15) is 4.68 Å². The first-order valence-electron chi connectivity index (χ1n) is 6.47. The molecule has 2 heterocycles. The van der Waals surface area contributed by atoms with E-state index in [1.807, 2.05) is 49.4 Å². The summed E-state index contributed by atoms with van der Waals surface area (Å²) in [4.78, 5) is 4.33. The molecule has 7 heteroatoms. The summed E-state index contributed by atoms with van der Waals surface area (Å²) in [6.07, 6.45) is 1.75. The van der Waals surface area contributed by atoms with Crippen molar-refractivity contribution in [3.8, 4) is 5.69 Å². The molecular weight excluding hydrogens is 284 g/mol. The highest BCUT2D eigenvalue weighted by Crippen LogP contribution is 2.26. The van der Waals surface area contributed by atoms with Crippen molar-refractivity contribution in [1.29, 1.82) is 0 Å². The molecule has 1 atom stereocenters. The van der Waals surface area contributed by atoms with E-state index in [1.165, 1.54) is 11.8 Å². The molecule has 0 unspecified atom stereocenters. The first-order chi connectivity index (χ1) is 10.2. The van der Waals surface area contributed by atoms with Crippen LogP contribution in [0, 0.1) is 0 Å². The average molecular weight is 298 g/mol. The van der Waals surface area contributed by atoms with E-state index >= 15 is 0 Å². The topological polar surface area (TPSA) is 82.5 Å². The third-order valence-electron chi connectivity index (χ3n) is 2.92.